The number of rotatable bonds is 22. The highest BCUT2D eigenvalue weighted by molar-refractivity contribution is 6.31. The summed E-state index contributed by atoms with van der Waals surface area (Å²) in [5.41, 5.74) is 51.1. The second-order valence-electron chi connectivity index (χ2n) is 14.1. The zero-order chi connectivity index (χ0) is 55.6. The third-order valence-corrected chi connectivity index (χ3v) is 8.59. The number of aliphatic hydroxyl groups excluding tert-OH is 3. The molecule has 0 saturated carbocycles. The molecule has 0 atom stereocenters. The van der Waals surface area contributed by atoms with Crippen LogP contribution in [0.3, 0.4) is 0 Å². The van der Waals surface area contributed by atoms with Gasteiger partial charge in [-0.05, 0) is 79.2 Å². The first-order valence-corrected chi connectivity index (χ1v) is 23.4. The molecule has 30 nitrogen and oxygen atoms in total. The number of hydrogen-bond acceptors (Lipinski definition) is 11. The van der Waals surface area contributed by atoms with E-state index in [0.29, 0.717) is 60.4 Å². The van der Waals surface area contributed by atoms with Gasteiger partial charge in [0, 0.05) is 28.8 Å². The minimum absolute atomic E-state index is 0. The predicted molar refractivity (Wildman–Crippen MR) is 291 cm³/mol. The van der Waals surface area contributed by atoms with E-state index < -0.39 is 0 Å². The molecule has 0 saturated heterocycles. The first-order chi connectivity index (χ1) is 35.5. The van der Waals surface area contributed by atoms with Crippen molar-refractivity contribution in [3.8, 4) is 18.6 Å². The molecular formula is C42H74Cl3N27O3+2. The van der Waals surface area contributed by atoms with E-state index in [1.165, 1.54) is 0 Å². The van der Waals surface area contributed by atoms with Gasteiger partial charge in [0.25, 0.3) is 17.9 Å². The van der Waals surface area contributed by atoms with Crippen LogP contribution in [-0.2, 0) is 0 Å². The van der Waals surface area contributed by atoms with Gasteiger partial charge in [0.05, 0.1) is 58.2 Å². The Morgan fingerprint density at radius 3 is 1.51 bits per heavy atom. The van der Waals surface area contributed by atoms with E-state index in [0.717, 1.165) is 57.1 Å². The molecule has 0 fully saturated rings. The van der Waals surface area contributed by atoms with Crippen LogP contribution in [0.4, 0.5) is 11.4 Å². The number of nitrogens with one attached hydrogen (secondary N) is 9. The summed E-state index contributed by atoms with van der Waals surface area (Å²) in [6, 6.07) is 13.8. The van der Waals surface area contributed by atoms with Crippen LogP contribution in [0, 0.1) is 34.4 Å². The number of unbranched alkanes of at least 4 members (excludes halogenated alkanes) is 6. The van der Waals surface area contributed by atoms with Gasteiger partial charge in [-0.25, -0.2) is 25.6 Å². The van der Waals surface area contributed by atoms with Crippen LogP contribution in [0.15, 0.2) is 78.5 Å². The molecule has 0 bridgehead atoms. The summed E-state index contributed by atoms with van der Waals surface area (Å²) < 4.78 is 0. The Bertz CT molecular complexity index is 2210. The van der Waals surface area contributed by atoms with Gasteiger partial charge < -0.3 is 72.8 Å². The van der Waals surface area contributed by atoms with E-state index in [-0.39, 0.29) is 87.0 Å². The largest absolute Gasteiger partial charge is 1.00 e. The van der Waals surface area contributed by atoms with E-state index in [2.05, 4.69) is 76.8 Å². The highest BCUT2D eigenvalue weighted by Crippen LogP contribution is 2.15. The zero-order valence-corrected chi connectivity index (χ0v) is 43.8. The molecule has 0 aliphatic heterocycles. The SMILES string of the molecule is N#CN=C(N)NCCCCCCN=C(N)NC#N.N#CNC(N)=Nc1ccc(Cl)cc1.NC(=NC(N)=[NH+]CCO)Nc1ccc(Cl)cc1.NC(=NCCO)NC(N)=[NH+]CCCCCC[NH+]=C(N)NC(N)=NCCO.[Cl-]. The Balaban J connectivity index is -0.000000944. The van der Waals surface area contributed by atoms with Crippen molar-refractivity contribution in [2.45, 2.75) is 51.4 Å². The van der Waals surface area contributed by atoms with Crippen molar-refractivity contribution in [2.24, 2.45) is 81.6 Å². The minimum atomic E-state index is -0.0608. The molecule has 33 heteroatoms. The van der Waals surface area contributed by atoms with E-state index in [9.17, 15) is 0 Å². The molecule has 0 aromatic heterocycles. The highest BCUT2D eigenvalue weighted by atomic mass is 35.5. The number of halogens is 3. The lowest BCUT2D eigenvalue weighted by atomic mass is 10.2. The van der Waals surface area contributed by atoms with E-state index in [1.807, 2.05) is 0 Å². The molecule has 0 radical (unpaired) electrons. The lowest BCUT2D eigenvalue weighted by Crippen LogP contribution is -3.00. The van der Waals surface area contributed by atoms with Crippen LogP contribution in [0.1, 0.15) is 51.4 Å². The summed E-state index contributed by atoms with van der Waals surface area (Å²) in [7, 11) is 0. The van der Waals surface area contributed by atoms with Crippen molar-refractivity contribution in [3.05, 3.63) is 58.6 Å². The molecule has 0 unspecified atom stereocenters. The van der Waals surface area contributed by atoms with Crippen LogP contribution in [-0.4, -0.2) is 135 Å². The van der Waals surface area contributed by atoms with Crippen molar-refractivity contribution in [1.82, 2.24) is 26.6 Å². The predicted octanol–water partition coefficient (Wildman–Crippen LogP) is -10.7. The first-order valence-electron chi connectivity index (χ1n) is 22.6. The summed E-state index contributed by atoms with van der Waals surface area (Å²) in [6.07, 6.45) is 12.8. The van der Waals surface area contributed by atoms with E-state index >= 15 is 0 Å². The van der Waals surface area contributed by atoms with Crippen molar-refractivity contribution in [3.63, 3.8) is 0 Å². The second kappa shape index (κ2) is 49.3. The fourth-order valence-corrected chi connectivity index (χ4v) is 5.08. The number of anilines is 1. The normalized spacial score (nSPS) is 12.2. The van der Waals surface area contributed by atoms with Crippen LogP contribution >= 0.6 is 23.2 Å². The van der Waals surface area contributed by atoms with Crippen LogP contribution in [0.5, 0.6) is 0 Å². The summed E-state index contributed by atoms with van der Waals surface area (Å²) >= 11 is 11.4. The lowest BCUT2D eigenvalue weighted by Gasteiger charge is -2.03. The van der Waals surface area contributed by atoms with Gasteiger partial charge >= 0.3 is 17.9 Å². The molecule has 2 rings (SSSR count). The molecule has 30 N–H and O–H groups in total. The number of hydrogen-bond donors (Lipinski definition) is 21. The Morgan fingerprint density at radius 1 is 0.533 bits per heavy atom. The first kappa shape index (κ1) is 70.9. The number of aliphatic hydroxyl groups is 3. The third kappa shape index (κ3) is 47.8. The van der Waals surface area contributed by atoms with Gasteiger partial charge in [-0.3, -0.25) is 47.8 Å². The van der Waals surface area contributed by atoms with Gasteiger partial charge in [0.2, 0.25) is 24.1 Å². The lowest BCUT2D eigenvalue weighted by molar-refractivity contribution is -0.463. The highest BCUT2D eigenvalue weighted by Gasteiger charge is 2.04. The fraction of sp³-hybridized carbons (Fsp3) is 0.429. The van der Waals surface area contributed by atoms with Crippen LogP contribution in [0.25, 0.3) is 0 Å². The van der Waals surface area contributed by atoms with Crippen LogP contribution in [0.2, 0.25) is 10.0 Å². The third-order valence-electron chi connectivity index (χ3n) is 8.09. The molecule has 0 spiro atoms. The molecule has 2 aromatic rings. The molecule has 0 amide bonds. The molecule has 0 heterocycles. The number of nitriles is 3. The Labute approximate surface area is 452 Å². The monoisotopic (exact) mass is 1110 g/mol. The molecule has 0 aliphatic rings. The summed E-state index contributed by atoms with van der Waals surface area (Å²) in [6.45, 7) is 3.37. The zero-order valence-electron chi connectivity index (χ0n) is 41.5. The number of nitrogens with two attached hydrogens (primary N) is 9. The quantitative estimate of drug-likeness (QED) is 0.0171. The van der Waals surface area contributed by atoms with Gasteiger partial charge in [-0.15, -0.1) is 4.99 Å². The minimum Gasteiger partial charge on any atom is -1.00 e. The van der Waals surface area contributed by atoms with E-state index in [4.69, 9.17) is 106 Å². The Morgan fingerprint density at radius 2 is 1.01 bits per heavy atom. The average Bonchev–Trinajstić information content (AvgIpc) is 3.35. The maximum absolute atomic E-state index is 8.63. The topological polar surface area (TPSA) is 554 Å². The maximum Gasteiger partial charge on any atom is 0.385 e. The van der Waals surface area contributed by atoms with Crippen LogP contribution < -0.4 is 111 Å². The number of guanidine groups is 9. The fourth-order valence-electron chi connectivity index (χ4n) is 4.83. The number of benzene rings is 2. The molecular weight excluding hydrogens is 1040 g/mol. The standard InChI is InChI=1S/C14H32N10O2.C10H14ClN5O.C10H18N8.C8H7ClN4.ClH/c15-11(23-13(17)21-7-9-25)19-5-3-1-2-4-6-20-12(16)24-14(18)22-8-10-26;11-7-1-3-8(4-2-7)15-10(13)16-9(12)14-5-6-17;11-7-17-9(13)15-5-3-1-2-4-6-16-10(14)18-8-12;9-6-1-3-7(4-2-6)13-8(11)12-5-10;/h25-26H,1-10H2,(H5,15,17,19,21,23)(H5,16,18,20,22,24);1-4,17H,5-6H2,(H5,12,13,14,15,16);1-6H2,(H3,13,15,17)(H3,14,16,18);1-4H,(H3,11,12,13);1H/p+2. The number of nitrogens with zero attached hydrogens (tertiary/aromatic N) is 9. The molecule has 0 aliphatic carbocycles. The average molecular weight is 1110 g/mol. The van der Waals surface area contributed by atoms with Crippen molar-refractivity contribution in [2.75, 3.05) is 71.0 Å². The molecule has 75 heavy (non-hydrogen) atoms. The van der Waals surface area contributed by atoms with Gasteiger partial charge in [-0.2, -0.15) is 15.8 Å². The summed E-state index contributed by atoms with van der Waals surface area (Å²) in [5.74, 6) is 1.65. The van der Waals surface area contributed by atoms with Crippen molar-refractivity contribution in [1.29, 1.82) is 15.8 Å². The summed E-state index contributed by atoms with van der Waals surface area (Å²) in [4.78, 5) is 31.4. The van der Waals surface area contributed by atoms with E-state index in [1.54, 1.807) is 67.1 Å². The van der Waals surface area contributed by atoms with Crippen molar-refractivity contribution >= 4 is 88.2 Å². The smallest absolute Gasteiger partial charge is 0.385 e. The number of aliphatic imine (C=N–C) groups is 6. The van der Waals surface area contributed by atoms with Gasteiger partial charge in [0.1, 0.15) is 0 Å². The molecule has 2 aromatic carbocycles. The van der Waals surface area contributed by atoms with Crippen molar-refractivity contribution < 1.29 is 42.7 Å². The van der Waals surface area contributed by atoms with Gasteiger partial charge in [-0.1, -0.05) is 48.9 Å². The Hall–Kier alpha value is -8.31. The maximum atomic E-state index is 8.63. The summed E-state index contributed by atoms with van der Waals surface area (Å²) in [5, 5.41) is 67.3. The Kier molecular flexibility index (Phi) is 46.6. The van der Waals surface area contributed by atoms with Gasteiger partial charge in [0.15, 0.2) is 12.4 Å². The second-order valence-corrected chi connectivity index (χ2v) is 15.0. The molecule has 414 valence electrons.